The molecule has 1 aliphatic heterocycles. The van der Waals surface area contributed by atoms with Crippen LogP contribution in [0.5, 0.6) is 0 Å². The Morgan fingerprint density at radius 3 is 2.29 bits per heavy atom. The highest BCUT2D eigenvalue weighted by atomic mass is 79.9. The van der Waals surface area contributed by atoms with Crippen LogP contribution in [0.4, 0.5) is 5.69 Å². The Morgan fingerprint density at radius 1 is 0.917 bits per heavy atom. The molecular formula is C19H19BrN2O2. The van der Waals surface area contributed by atoms with Crippen LogP contribution in [0.3, 0.4) is 0 Å². The standard InChI is InChI=1S/C19H19BrN2O2/c20-16-7-9-17(10-8-16)21-18(23)14-5-4-6-15(13-14)19(24)22-11-2-1-3-12-22/h4-10,13H,1-3,11-12H2,(H,21,23). The molecule has 0 radical (unpaired) electrons. The summed E-state index contributed by atoms with van der Waals surface area (Å²) >= 11 is 3.36. The number of hydrogen-bond acceptors (Lipinski definition) is 2. The van der Waals surface area contributed by atoms with E-state index >= 15 is 0 Å². The van der Waals surface area contributed by atoms with Gasteiger partial charge in [-0.2, -0.15) is 0 Å². The SMILES string of the molecule is O=C(Nc1ccc(Br)cc1)c1cccc(C(=O)N2CCCCC2)c1. The zero-order valence-corrected chi connectivity index (χ0v) is 14.9. The number of amides is 2. The van der Waals surface area contributed by atoms with Crippen LogP contribution in [0.15, 0.2) is 53.0 Å². The largest absolute Gasteiger partial charge is 0.339 e. The summed E-state index contributed by atoms with van der Waals surface area (Å²) in [4.78, 5) is 26.8. The lowest BCUT2D eigenvalue weighted by molar-refractivity contribution is 0.0724. The summed E-state index contributed by atoms with van der Waals surface area (Å²) in [6.45, 7) is 1.60. The molecule has 0 atom stereocenters. The van der Waals surface area contributed by atoms with Crippen molar-refractivity contribution in [1.29, 1.82) is 0 Å². The average molecular weight is 387 g/mol. The molecule has 2 aromatic carbocycles. The summed E-state index contributed by atoms with van der Waals surface area (Å²) < 4.78 is 0.953. The van der Waals surface area contributed by atoms with E-state index in [2.05, 4.69) is 21.2 Å². The van der Waals surface area contributed by atoms with Crippen LogP contribution in [0, 0.1) is 0 Å². The highest BCUT2D eigenvalue weighted by Gasteiger charge is 2.19. The summed E-state index contributed by atoms with van der Waals surface area (Å²) in [6, 6.07) is 14.3. The molecule has 1 aliphatic rings. The van der Waals surface area contributed by atoms with E-state index in [-0.39, 0.29) is 11.8 Å². The predicted molar refractivity (Wildman–Crippen MR) is 98.3 cm³/mol. The van der Waals surface area contributed by atoms with Gasteiger partial charge in [-0.05, 0) is 61.7 Å². The Hall–Kier alpha value is -2.14. The molecule has 0 bridgehead atoms. The molecule has 0 saturated carbocycles. The van der Waals surface area contributed by atoms with Gasteiger partial charge in [-0.1, -0.05) is 22.0 Å². The quantitative estimate of drug-likeness (QED) is 0.853. The van der Waals surface area contributed by atoms with Gasteiger partial charge in [0.15, 0.2) is 0 Å². The Labute approximate surface area is 150 Å². The van der Waals surface area contributed by atoms with Crippen LogP contribution in [0.1, 0.15) is 40.0 Å². The molecule has 4 nitrogen and oxygen atoms in total. The van der Waals surface area contributed by atoms with Crippen LogP contribution in [0.2, 0.25) is 0 Å². The molecule has 0 unspecified atom stereocenters. The topological polar surface area (TPSA) is 49.4 Å². The molecule has 0 aliphatic carbocycles. The number of likely N-dealkylation sites (tertiary alicyclic amines) is 1. The third-order valence-electron chi connectivity index (χ3n) is 4.12. The molecule has 3 rings (SSSR count). The number of anilines is 1. The van der Waals surface area contributed by atoms with Crippen molar-refractivity contribution in [1.82, 2.24) is 4.90 Å². The zero-order chi connectivity index (χ0) is 16.9. The number of nitrogens with zero attached hydrogens (tertiary/aromatic N) is 1. The van der Waals surface area contributed by atoms with Crippen LogP contribution in [-0.2, 0) is 0 Å². The van der Waals surface area contributed by atoms with Crippen molar-refractivity contribution in [2.75, 3.05) is 18.4 Å². The minimum absolute atomic E-state index is 0.00740. The van der Waals surface area contributed by atoms with Gasteiger partial charge in [0.2, 0.25) is 0 Å². The number of rotatable bonds is 3. The summed E-state index contributed by atoms with van der Waals surface area (Å²) in [5.41, 5.74) is 1.78. The monoisotopic (exact) mass is 386 g/mol. The van der Waals surface area contributed by atoms with Gasteiger partial charge >= 0.3 is 0 Å². The van der Waals surface area contributed by atoms with Gasteiger partial charge in [0.1, 0.15) is 0 Å². The molecule has 2 aromatic rings. The normalized spacial score (nSPS) is 14.3. The van der Waals surface area contributed by atoms with Gasteiger partial charge in [0.05, 0.1) is 0 Å². The Kier molecular flexibility index (Phi) is 5.30. The minimum Gasteiger partial charge on any atom is -0.339 e. The second kappa shape index (κ2) is 7.62. The molecule has 2 amide bonds. The van der Waals surface area contributed by atoms with Gasteiger partial charge in [0, 0.05) is 34.4 Å². The number of halogens is 1. The Bertz CT molecular complexity index is 737. The number of hydrogen-bond donors (Lipinski definition) is 1. The highest BCUT2D eigenvalue weighted by molar-refractivity contribution is 9.10. The molecule has 24 heavy (non-hydrogen) atoms. The van der Waals surface area contributed by atoms with E-state index in [1.165, 1.54) is 6.42 Å². The van der Waals surface area contributed by atoms with Gasteiger partial charge in [-0.25, -0.2) is 0 Å². The third-order valence-corrected chi connectivity index (χ3v) is 4.65. The fraction of sp³-hybridized carbons (Fsp3) is 0.263. The summed E-state index contributed by atoms with van der Waals surface area (Å²) in [5, 5.41) is 2.85. The lowest BCUT2D eigenvalue weighted by atomic mass is 10.1. The number of nitrogens with one attached hydrogen (secondary N) is 1. The van der Waals surface area contributed by atoms with Gasteiger partial charge in [-0.15, -0.1) is 0 Å². The lowest BCUT2D eigenvalue weighted by Crippen LogP contribution is -2.35. The van der Waals surface area contributed by atoms with Crippen LogP contribution < -0.4 is 5.32 Å². The molecule has 1 heterocycles. The number of carbonyl (C=O) groups excluding carboxylic acids is 2. The van der Waals surface area contributed by atoms with Crippen molar-refractivity contribution in [3.8, 4) is 0 Å². The lowest BCUT2D eigenvalue weighted by Gasteiger charge is -2.26. The molecular weight excluding hydrogens is 368 g/mol. The maximum absolute atomic E-state index is 12.6. The first-order valence-corrected chi connectivity index (χ1v) is 8.89. The van der Waals surface area contributed by atoms with Gasteiger partial charge in [-0.3, -0.25) is 9.59 Å². The summed E-state index contributed by atoms with van der Waals surface area (Å²) in [7, 11) is 0. The minimum atomic E-state index is -0.217. The average Bonchev–Trinajstić information content (AvgIpc) is 2.64. The second-order valence-electron chi connectivity index (χ2n) is 5.89. The van der Waals surface area contributed by atoms with E-state index in [1.54, 1.807) is 24.3 Å². The molecule has 5 heteroatoms. The molecule has 1 saturated heterocycles. The molecule has 1 N–H and O–H groups in total. The van der Waals surface area contributed by atoms with Gasteiger partial charge < -0.3 is 10.2 Å². The maximum atomic E-state index is 12.6. The fourth-order valence-electron chi connectivity index (χ4n) is 2.81. The van der Waals surface area contributed by atoms with Crippen molar-refractivity contribution in [3.05, 3.63) is 64.1 Å². The predicted octanol–water partition coefficient (Wildman–Crippen LogP) is 4.33. The Morgan fingerprint density at radius 2 is 1.58 bits per heavy atom. The fourth-order valence-corrected chi connectivity index (χ4v) is 3.07. The first-order valence-electron chi connectivity index (χ1n) is 8.10. The molecule has 124 valence electrons. The van der Waals surface area contributed by atoms with E-state index in [0.29, 0.717) is 11.1 Å². The van der Waals surface area contributed by atoms with E-state index < -0.39 is 0 Å². The number of carbonyl (C=O) groups is 2. The van der Waals surface area contributed by atoms with Crippen molar-refractivity contribution in [2.45, 2.75) is 19.3 Å². The molecule has 0 aromatic heterocycles. The summed E-state index contributed by atoms with van der Waals surface area (Å²) in [6.07, 6.45) is 3.28. The van der Waals surface area contributed by atoms with Crippen molar-refractivity contribution >= 4 is 33.4 Å². The van der Waals surface area contributed by atoms with Crippen LogP contribution in [-0.4, -0.2) is 29.8 Å². The van der Waals surface area contributed by atoms with Gasteiger partial charge in [0.25, 0.3) is 11.8 Å². The third kappa shape index (κ3) is 4.03. The number of piperidine rings is 1. The van der Waals surface area contributed by atoms with Crippen molar-refractivity contribution in [3.63, 3.8) is 0 Å². The maximum Gasteiger partial charge on any atom is 0.255 e. The molecule has 1 fully saturated rings. The Balaban J connectivity index is 1.73. The smallest absolute Gasteiger partial charge is 0.255 e. The second-order valence-corrected chi connectivity index (χ2v) is 6.81. The highest BCUT2D eigenvalue weighted by Crippen LogP contribution is 2.17. The van der Waals surface area contributed by atoms with Crippen molar-refractivity contribution in [2.24, 2.45) is 0 Å². The van der Waals surface area contributed by atoms with Crippen molar-refractivity contribution < 1.29 is 9.59 Å². The van der Waals surface area contributed by atoms with E-state index in [9.17, 15) is 9.59 Å². The molecule has 0 spiro atoms. The van der Waals surface area contributed by atoms with Crippen LogP contribution in [0.25, 0.3) is 0 Å². The van der Waals surface area contributed by atoms with E-state index in [1.807, 2.05) is 29.2 Å². The first-order chi connectivity index (χ1) is 11.6. The van der Waals surface area contributed by atoms with Crippen LogP contribution >= 0.6 is 15.9 Å². The van der Waals surface area contributed by atoms with E-state index in [0.717, 1.165) is 36.1 Å². The van der Waals surface area contributed by atoms with E-state index in [4.69, 9.17) is 0 Å². The zero-order valence-electron chi connectivity index (χ0n) is 13.3. The number of benzene rings is 2. The first kappa shape index (κ1) is 16.7. The summed E-state index contributed by atoms with van der Waals surface area (Å²) in [5.74, 6) is -0.210.